The summed E-state index contributed by atoms with van der Waals surface area (Å²) in [5, 5.41) is 9.94. The van der Waals surface area contributed by atoms with E-state index in [2.05, 4.69) is 0 Å². The maximum absolute atomic E-state index is 13.4. The molecule has 17 heavy (non-hydrogen) atoms. The van der Waals surface area contributed by atoms with Gasteiger partial charge in [-0.15, -0.1) is 0 Å². The Kier molecular flexibility index (Phi) is 3.74. The van der Waals surface area contributed by atoms with Crippen molar-refractivity contribution in [2.45, 2.75) is 25.4 Å². The number of hydrogen-bond donors (Lipinski definition) is 1. The highest BCUT2D eigenvalue weighted by molar-refractivity contribution is 5.76. The lowest BCUT2D eigenvalue weighted by Crippen LogP contribution is -2.38. The second-order valence-corrected chi connectivity index (χ2v) is 4.33. The Hall–Kier alpha value is -1.42. The highest BCUT2D eigenvalue weighted by Crippen LogP contribution is 2.20. The number of rotatable bonds is 3. The first-order chi connectivity index (χ1) is 8.18. The molecule has 1 aromatic rings. The molecule has 2 rings (SSSR count). The Labute approximate surface area is 99.9 Å². The second-order valence-electron chi connectivity index (χ2n) is 4.33. The summed E-state index contributed by atoms with van der Waals surface area (Å²) in [6, 6.07) is 6.13. The van der Waals surface area contributed by atoms with Gasteiger partial charge in [0, 0.05) is 18.5 Å². The number of nitrogens with zero attached hydrogens (tertiary/aromatic N) is 1. The monoisotopic (exact) mass is 237 g/mol. The summed E-state index contributed by atoms with van der Waals surface area (Å²) in [4.78, 5) is 13.2. The van der Waals surface area contributed by atoms with Gasteiger partial charge in [-0.3, -0.25) is 4.79 Å². The normalized spacial score (nSPS) is 18.2. The number of hydrogen-bond acceptors (Lipinski definition) is 2. The zero-order valence-electron chi connectivity index (χ0n) is 9.60. The molecule has 0 aromatic heterocycles. The average molecular weight is 237 g/mol. The molecule has 1 atom stereocenters. The molecule has 1 aliphatic heterocycles. The van der Waals surface area contributed by atoms with Crippen molar-refractivity contribution >= 4 is 5.91 Å². The summed E-state index contributed by atoms with van der Waals surface area (Å²) in [6.07, 6.45) is 1.45. The Morgan fingerprint density at radius 3 is 2.82 bits per heavy atom. The van der Waals surface area contributed by atoms with Gasteiger partial charge in [-0.2, -0.15) is 0 Å². The van der Waals surface area contributed by atoms with Crippen LogP contribution in [0.3, 0.4) is 0 Å². The Bertz CT molecular complexity index is 408. The van der Waals surface area contributed by atoms with Gasteiger partial charge < -0.3 is 10.0 Å². The number of β-amino-alcohol motifs (C(OH)–C–C–N with tert-alkyl or cyclic N) is 1. The number of aliphatic hydroxyl groups excluding tert-OH is 1. The number of carbonyl (C=O) groups excluding carboxylic acids is 1. The van der Waals surface area contributed by atoms with E-state index in [1.54, 1.807) is 23.1 Å². The first-order valence-corrected chi connectivity index (χ1v) is 5.89. The van der Waals surface area contributed by atoms with Crippen LogP contribution >= 0.6 is 0 Å². The fraction of sp³-hybridized carbons (Fsp3) is 0.462. The van der Waals surface area contributed by atoms with Crippen LogP contribution in [0.4, 0.5) is 4.39 Å². The number of amides is 1. The molecule has 1 amide bonds. The lowest BCUT2D eigenvalue weighted by Gasteiger charge is -2.28. The standard InChI is InChI=1S/C13H16FNO2/c14-11-6-2-1-5-10(11)12(16)9-15-8-4-3-7-13(15)17/h1-2,5-6,12,16H,3-4,7-9H2. The van der Waals surface area contributed by atoms with Crippen LogP contribution in [0.1, 0.15) is 30.9 Å². The van der Waals surface area contributed by atoms with E-state index in [0.29, 0.717) is 13.0 Å². The van der Waals surface area contributed by atoms with Crippen molar-refractivity contribution in [3.63, 3.8) is 0 Å². The molecule has 92 valence electrons. The third-order valence-electron chi connectivity index (χ3n) is 3.08. The molecule has 1 fully saturated rings. The maximum atomic E-state index is 13.4. The molecule has 0 bridgehead atoms. The van der Waals surface area contributed by atoms with E-state index in [9.17, 15) is 14.3 Å². The third-order valence-corrected chi connectivity index (χ3v) is 3.08. The van der Waals surface area contributed by atoms with Crippen molar-refractivity contribution in [1.29, 1.82) is 0 Å². The smallest absolute Gasteiger partial charge is 0.222 e. The molecule has 1 aromatic carbocycles. The van der Waals surface area contributed by atoms with Gasteiger partial charge in [0.25, 0.3) is 0 Å². The van der Waals surface area contributed by atoms with E-state index in [1.807, 2.05) is 0 Å². The molecule has 0 aliphatic carbocycles. The number of likely N-dealkylation sites (tertiary alicyclic amines) is 1. The molecular formula is C13H16FNO2. The zero-order chi connectivity index (χ0) is 12.3. The average Bonchev–Trinajstić information content (AvgIpc) is 2.32. The number of carbonyl (C=O) groups is 1. The second kappa shape index (κ2) is 5.27. The van der Waals surface area contributed by atoms with Crippen molar-refractivity contribution in [3.05, 3.63) is 35.6 Å². The summed E-state index contributed by atoms with van der Waals surface area (Å²) in [6.45, 7) is 0.837. The van der Waals surface area contributed by atoms with Gasteiger partial charge in [0.05, 0.1) is 12.6 Å². The summed E-state index contributed by atoms with van der Waals surface area (Å²) in [5.74, 6) is -0.379. The number of aliphatic hydroxyl groups is 1. The molecule has 1 aliphatic rings. The summed E-state index contributed by atoms with van der Waals surface area (Å²) in [5.41, 5.74) is 0.255. The van der Waals surface area contributed by atoms with Gasteiger partial charge >= 0.3 is 0 Å². The molecule has 4 heteroatoms. The minimum absolute atomic E-state index is 0.0478. The van der Waals surface area contributed by atoms with Crippen LogP contribution < -0.4 is 0 Å². The third kappa shape index (κ3) is 2.82. The molecular weight excluding hydrogens is 221 g/mol. The lowest BCUT2D eigenvalue weighted by molar-refractivity contribution is -0.134. The van der Waals surface area contributed by atoms with E-state index in [4.69, 9.17) is 0 Å². The van der Waals surface area contributed by atoms with Gasteiger partial charge in [-0.05, 0) is 18.9 Å². The fourth-order valence-corrected chi connectivity index (χ4v) is 2.11. The highest BCUT2D eigenvalue weighted by atomic mass is 19.1. The highest BCUT2D eigenvalue weighted by Gasteiger charge is 2.22. The van der Waals surface area contributed by atoms with Gasteiger partial charge in [0.1, 0.15) is 5.82 Å². The SMILES string of the molecule is O=C1CCCCN1CC(O)c1ccccc1F. The van der Waals surface area contributed by atoms with Gasteiger partial charge in [0.15, 0.2) is 0 Å². The van der Waals surface area contributed by atoms with Crippen LogP contribution in [-0.4, -0.2) is 29.0 Å². The minimum Gasteiger partial charge on any atom is -0.386 e. The fourth-order valence-electron chi connectivity index (χ4n) is 2.11. The van der Waals surface area contributed by atoms with Gasteiger partial charge in [0.2, 0.25) is 5.91 Å². The molecule has 1 heterocycles. The number of halogens is 1. The predicted octanol–water partition coefficient (Wildman–Crippen LogP) is 1.87. The van der Waals surface area contributed by atoms with Crippen molar-refractivity contribution in [2.75, 3.05) is 13.1 Å². The van der Waals surface area contributed by atoms with Crippen LogP contribution in [-0.2, 0) is 4.79 Å². The van der Waals surface area contributed by atoms with Crippen molar-refractivity contribution < 1.29 is 14.3 Å². The van der Waals surface area contributed by atoms with Crippen molar-refractivity contribution in [3.8, 4) is 0 Å². The van der Waals surface area contributed by atoms with Gasteiger partial charge in [-0.1, -0.05) is 18.2 Å². The molecule has 0 spiro atoms. The van der Waals surface area contributed by atoms with Gasteiger partial charge in [-0.25, -0.2) is 4.39 Å². The molecule has 1 saturated heterocycles. The van der Waals surface area contributed by atoms with Crippen LogP contribution in [0.15, 0.2) is 24.3 Å². The van der Waals surface area contributed by atoms with Crippen molar-refractivity contribution in [1.82, 2.24) is 4.90 Å². The first-order valence-electron chi connectivity index (χ1n) is 5.89. The Balaban J connectivity index is 2.03. The van der Waals surface area contributed by atoms with E-state index < -0.39 is 11.9 Å². The Morgan fingerprint density at radius 1 is 1.35 bits per heavy atom. The van der Waals surface area contributed by atoms with Crippen LogP contribution in [0.25, 0.3) is 0 Å². The predicted molar refractivity (Wildman–Crippen MR) is 61.8 cm³/mol. The number of benzene rings is 1. The molecule has 1 unspecified atom stereocenters. The number of piperidine rings is 1. The van der Waals surface area contributed by atoms with E-state index in [0.717, 1.165) is 12.8 Å². The minimum atomic E-state index is -0.946. The van der Waals surface area contributed by atoms with E-state index in [1.165, 1.54) is 6.07 Å². The van der Waals surface area contributed by atoms with Crippen LogP contribution in [0.2, 0.25) is 0 Å². The van der Waals surface area contributed by atoms with E-state index in [-0.39, 0.29) is 18.0 Å². The lowest BCUT2D eigenvalue weighted by atomic mass is 10.1. The molecule has 0 saturated carbocycles. The quantitative estimate of drug-likeness (QED) is 0.871. The van der Waals surface area contributed by atoms with Crippen LogP contribution in [0.5, 0.6) is 0 Å². The largest absolute Gasteiger partial charge is 0.386 e. The molecule has 1 N–H and O–H groups in total. The van der Waals surface area contributed by atoms with Crippen LogP contribution in [0, 0.1) is 5.82 Å². The molecule has 0 radical (unpaired) electrons. The van der Waals surface area contributed by atoms with Crippen molar-refractivity contribution in [2.24, 2.45) is 0 Å². The summed E-state index contributed by atoms with van der Waals surface area (Å²) < 4.78 is 13.4. The summed E-state index contributed by atoms with van der Waals surface area (Å²) >= 11 is 0. The maximum Gasteiger partial charge on any atom is 0.222 e. The Morgan fingerprint density at radius 2 is 2.12 bits per heavy atom. The van der Waals surface area contributed by atoms with E-state index >= 15 is 0 Å². The molecule has 3 nitrogen and oxygen atoms in total. The first kappa shape index (κ1) is 12.0. The summed E-state index contributed by atoms with van der Waals surface area (Å²) in [7, 11) is 0. The topological polar surface area (TPSA) is 40.5 Å². The zero-order valence-corrected chi connectivity index (χ0v) is 9.60.